The smallest absolute Gasteiger partial charge is 0.307 e. The predicted molar refractivity (Wildman–Crippen MR) is 46.2 cm³/mol. The summed E-state index contributed by atoms with van der Waals surface area (Å²) in [4.78, 5) is 13.5. The van der Waals surface area contributed by atoms with Crippen LogP contribution in [-0.2, 0) is 17.6 Å². The molecule has 0 aliphatic carbocycles. The molecule has 0 bridgehead atoms. The highest BCUT2D eigenvalue weighted by atomic mass is 16.4. The summed E-state index contributed by atoms with van der Waals surface area (Å²) in [6.45, 7) is 4.00. The average molecular weight is 167 g/mol. The Morgan fingerprint density at radius 3 is 2.75 bits per heavy atom. The van der Waals surface area contributed by atoms with Crippen LogP contribution in [0, 0.1) is 6.92 Å². The molecule has 2 N–H and O–H groups in total. The Hall–Kier alpha value is -1.25. The molecule has 0 spiro atoms. The van der Waals surface area contributed by atoms with E-state index in [1.165, 1.54) is 0 Å². The van der Waals surface area contributed by atoms with E-state index >= 15 is 0 Å². The van der Waals surface area contributed by atoms with Crippen molar-refractivity contribution in [3.05, 3.63) is 23.0 Å². The normalized spacial score (nSPS) is 10.2. The van der Waals surface area contributed by atoms with E-state index in [0.717, 1.165) is 23.2 Å². The van der Waals surface area contributed by atoms with Crippen molar-refractivity contribution >= 4 is 5.97 Å². The lowest BCUT2D eigenvalue weighted by atomic mass is 10.1. The first-order valence-corrected chi connectivity index (χ1v) is 4.02. The molecule has 66 valence electrons. The molecule has 1 aromatic heterocycles. The van der Waals surface area contributed by atoms with Gasteiger partial charge in [0.05, 0.1) is 6.42 Å². The molecule has 0 aliphatic heterocycles. The number of carboxylic acids is 1. The van der Waals surface area contributed by atoms with E-state index in [-0.39, 0.29) is 6.42 Å². The standard InChI is InChI=1S/C9H13NO2/c1-3-8-6(2)7(5-10-8)4-9(11)12/h5,10H,3-4H2,1-2H3,(H,11,12). The van der Waals surface area contributed by atoms with Gasteiger partial charge in [-0.25, -0.2) is 0 Å². The van der Waals surface area contributed by atoms with E-state index in [1.54, 1.807) is 6.20 Å². The minimum absolute atomic E-state index is 0.113. The van der Waals surface area contributed by atoms with Gasteiger partial charge in [0.15, 0.2) is 0 Å². The van der Waals surface area contributed by atoms with Crippen molar-refractivity contribution < 1.29 is 9.90 Å². The second kappa shape index (κ2) is 3.43. The first kappa shape index (κ1) is 8.84. The molecule has 0 atom stereocenters. The molecule has 1 aromatic rings. The van der Waals surface area contributed by atoms with Gasteiger partial charge in [0.1, 0.15) is 0 Å². The minimum Gasteiger partial charge on any atom is -0.481 e. The molecule has 0 aliphatic rings. The van der Waals surface area contributed by atoms with Gasteiger partial charge in [-0.15, -0.1) is 0 Å². The third kappa shape index (κ3) is 1.67. The van der Waals surface area contributed by atoms with E-state index in [1.807, 2.05) is 13.8 Å². The Bertz CT molecular complexity index is 289. The zero-order chi connectivity index (χ0) is 9.14. The highest BCUT2D eigenvalue weighted by molar-refractivity contribution is 5.70. The van der Waals surface area contributed by atoms with Crippen LogP contribution in [0.1, 0.15) is 23.7 Å². The lowest BCUT2D eigenvalue weighted by molar-refractivity contribution is -0.136. The van der Waals surface area contributed by atoms with Gasteiger partial charge in [-0.1, -0.05) is 6.92 Å². The van der Waals surface area contributed by atoms with Crippen LogP contribution in [0.15, 0.2) is 6.20 Å². The number of aromatic nitrogens is 1. The summed E-state index contributed by atoms with van der Waals surface area (Å²) in [7, 11) is 0. The van der Waals surface area contributed by atoms with Crippen molar-refractivity contribution in [2.45, 2.75) is 26.7 Å². The van der Waals surface area contributed by atoms with Gasteiger partial charge >= 0.3 is 5.97 Å². The summed E-state index contributed by atoms with van der Waals surface area (Å²) in [5.74, 6) is -0.778. The fourth-order valence-corrected chi connectivity index (χ4v) is 1.30. The zero-order valence-corrected chi connectivity index (χ0v) is 7.35. The number of carbonyl (C=O) groups is 1. The largest absolute Gasteiger partial charge is 0.481 e. The Morgan fingerprint density at radius 1 is 1.67 bits per heavy atom. The molecule has 12 heavy (non-hydrogen) atoms. The van der Waals surface area contributed by atoms with Crippen LogP contribution >= 0.6 is 0 Å². The van der Waals surface area contributed by atoms with Gasteiger partial charge in [0, 0.05) is 11.9 Å². The molecule has 0 fully saturated rings. The van der Waals surface area contributed by atoms with Crippen molar-refractivity contribution in [3.8, 4) is 0 Å². The van der Waals surface area contributed by atoms with E-state index in [2.05, 4.69) is 4.98 Å². The number of aryl methyl sites for hydroxylation is 1. The fraction of sp³-hybridized carbons (Fsp3) is 0.444. The lowest BCUT2D eigenvalue weighted by Crippen LogP contribution is -2.00. The van der Waals surface area contributed by atoms with Crippen molar-refractivity contribution in [3.63, 3.8) is 0 Å². The number of nitrogens with one attached hydrogen (secondary N) is 1. The van der Waals surface area contributed by atoms with Crippen LogP contribution in [0.5, 0.6) is 0 Å². The Labute approximate surface area is 71.4 Å². The number of rotatable bonds is 3. The Kier molecular flexibility index (Phi) is 2.53. The van der Waals surface area contributed by atoms with E-state index in [4.69, 9.17) is 5.11 Å². The average Bonchev–Trinajstić information content (AvgIpc) is 2.32. The van der Waals surface area contributed by atoms with E-state index in [9.17, 15) is 4.79 Å². The number of hydrogen-bond donors (Lipinski definition) is 2. The van der Waals surface area contributed by atoms with Crippen molar-refractivity contribution in [2.24, 2.45) is 0 Å². The van der Waals surface area contributed by atoms with Gasteiger partial charge in [0.2, 0.25) is 0 Å². The van der Waals surface area contributed by atoms with Gasteiger partial charge in [-0.05, 0) is 24.5 Å². The van der Waals surface area contributed by atoms with Crippen LogP contribution in [0.2, 0.25) is 0 Å². The Balaban J connectivity index is 2.87. The van der Waals surface area contributed by atoms with Gasteiger partial charge < -0.3 is 10.1 Å². The number of hydrogen-bond acceptors (Lipinski definition) is 1. The zero-order valence-electron chi connectivity index (χ0n) is 7.35. The number of H-pyrrole nitrogens is 1. The van der Waals surface area contributed by atoms with Crippen LogP contribution in [-0.4, -0.2) is 16.1 Å². The van der Waals surface area contributed by atoms with Gasteiger partial charge in [0.25, 0.3) is 0 Å². The second-order valence-electron chi connectivity index (χ2n) is 2.84. The summed E-state index contributed by atoms with van der Waals surface area (Å²) in [5, 5.41) is 8.56. The molecule has 0 radical (unpaired) electrons. The first-order valence-electron chi connectivity index (χ1n) is 4.02. The monoisotopic (exact) mass is 167 g/mol. The molecule has 0 saturated carbocycles. The third-order valence-electron chi connectivity index (χ3n) is 2.05. The minimum atomic E-state index is -0.778. The van der Waals surface area contributed by atoms with E-state index < -0.39 is 5.97 Å². The first-order chi connectivity index (χ1) is 5.65. The second-order valence-corrected chi connectivity index (χ2v) is 2.84. The summed E-state index contributed by atoms with van der Waals surface area (Å²) < 4.78 is 0. The lowest BCUT2D eigenvalue weighted by Gasteiger charge is -1.96. The number of aliphatic carboxylic acids is 1. The molecule has 3 heteroatoms. The van der Waals surface area contributed by atoms with Gasteiger partial charge in [-0.3, -0.25) is 4.79 Å². The topological polar surface area (TPSA) is 53.1 Å². The molecular formula is C9H13NO2. The SMILES string of the molecule is CCc1[nH]cc(CC(=O)O)c1C. The molecule has 1 heterocycles. The Morgan fingerprint density at radius 2 is 2.33 bits per heavy atom. The van der Waals surface area contributed by atoms with Crippen molar-refractivity contribution in [1.82, 2.24) is 4.98 Å². The van der Waals surface area contributed by atoms with Gasteiger partial charge in [-0.2, -0.15) is 0 Å². The molecule has 1 rings (SSSR count). The van der Waals surface area contributed by atoms with Crippen LogP contribution in [0.25, 0.3) is 0 Å². The quantitative estimate of drug-likeness (QED) is 0.717. The molecular weight excluding hydrogens is 154 g/mol. The highest BCUT2D eigenvalue weighted by Gasteiger charge is 2.07. The maximum Gasteiger partial charge on any atom is 0.307 e. The molecule has 0 aromatic carbocycles. The van der Waals surface area contributed by atoms with Crippen LogP contribution in [0.3, 0.4) is 0 Å². The van der Waals surface area contributed by atoms with Crippen molar-refractivity contribution in [1.29, 1.82) is 0 Å². The molecule has 0 saturated heterocycles. The maximum atomic E-state index is 10.4. The van der Waals surface area contributed by atoms with Crippen molar-refractivity contribution in [2.75, 3.05) is 0 Å². The third-order valence-corrected chi connectivity index (χ3v) is 2.05. The molecule has 0 amide bonds. The fourth-order valence-electron chi connectivity index (χ4n) is 1.30. The number of carboxylic acid groups (broad SMARTS) is 1. The van der Waals surface area contributed by atoms with E-state index in [0.29, 0.717) is 0 Å². The highest BCUT2D eigenvalue weighted by Crippen LogP contribution is 2.13. The molecule has 3 nitrogen and oxygen atoms in total. The van der Waals surface area contributed by atoms with Crippen LogP contribution < -0.4 is 0 Å². The number of aromatic amines is 1. The maximum absolute atomic E-state index is 10.4. The summed E-state index contributed by atoms with van der Waals surface area (Å²) in [5.41, 5.74) is 3.10. The molecule has 0 unspecified atom stereocenters. The summed E-state index contributed by atoms with van der Waals surface area (Å²) in [6, 6.07) is 0. The predicted octanol–water partition coefficient (Wildman–Crippen LogP) is 1.51. The summed E-state index contributed by atoms with van der Waals surface area (Å²) in [6.07, 6.45) is 2.82. The van der Waals surface area contributed by atoms with Crippen LogP contribution in [0.4, 0.5) is 0 Å². The summed E-state index contributed by atoms with van der Waals surface area (Å²) >= 11 is 0.